The van der Waals surface area contributed by atoms with Crippen molar-refractivity contribution in [1.82, 2.24) is 4.98 Å². The number of nitrogens with zero attached hydrogens (tertiary/aromatic N) is 1. The maximum atomic E-state index is 5.34. The van der Waals surface area contributed by atoms with Crippen molar-refractivity contribution in [3.05, 3.63) is 22.4 Å². The number of rotatable bonds is 5. The molecular weight excluding hydrogens is 256 g/mol. The molecule has 4 heteroatoms. The molecule has 0 saturated heterocycles. The summed E-state index contributed by atoms with van der Waals surface area (Å²) in [4.78, 5) is 4.32. The van der Waals surface area contributed by atoms with Gasteiger partial charge in [-0.3, -0.25) is 0 Å². The van der Waals surface area contributed by atoms with Crippen LogP contribution in [0, 0.1) is 6.92 Å². The second-order valence-electron chi connectivity index (χ2n) is 3.47. The first-order valence-electron chi connectivity index (χ1n) is 5.11. The smallest absolute Gasteiger partial charge is 0.106 e. The summed E-state index contributed by atoms with van der Waals surface area (Å²) in [5.41, 5.74) is 2.05. The summed E-state index contributed by atoms with van der Waals surface area (Å²) in [7, 11) is 0. The highest BCUT2D eigenvalue weighted by Crippen LogP contribution is 2.16. The number of anilines is 1. The van der Waals surface area contributed by atoms with Gasteiger partial charge in [0.1, 0.15) is 4.60 Å². The number of hydrogen-bond donors (Lipinski definition) is 1. The van der Waals surface area contributed by atoms with Crippen LogP contribution in [0.5, 0.6) is 0 Å². The minimum absolute atomic E-state index is 0.298. The van der Waals surface area contributed by atoms with Crippen LogP contribution < -0.4 is 5.32 Å². The zero-order valence-corrected chi connectivity index (χ0v) is 11.0. The molecular formula is C11H17BrN2O. The maximum absolute atomic E-state index is 5.34. The van der Waals surface area contributed by atoms with Crippen molar-refractivity contribution < 1.29 is 4.74 Å². The van der Waals surface area contributed by atoms with Gasteiger partial charge in [0, 0.05) is 12.6 Å². The van der Waals surface area contributed by atoms with Crippen LogP contribution in [-0.2, 0) is 4.74 Å². The van der Waals surface area contributed by atoms with E-state index in [2.05, 4.69) is 33.2 Å². The van der Waals surface area contributed by atoms with Crippen LogP contribution in [0.4, 0.5) is 5.69 Å². The summed E-state index contributed by atoms with van der Waals surface area (Å²) in [5.74, 6) is 0. The fourth-order valence-corrected chi connectivity index (χ4v) is 1.68. The van der Waals surface area contributed by atoms with Gasteiger partial charge in [-0.1, -0.05) is 0 Å². The van der Waals surface area contributed by atoms with Crippen molar-refractivity contribution >= 4 is 21.6 Å². The predicted octanol–water partition coefficient (Wildman–Crippen LogP) is 2.99. The van der Waals surface area contributed by atoms with E-state index in [1.165, 1.54) is 0 Å². The Morgan fingerprint density at radius 2 is 2.27 bits per heavy atom. The Bertz CT molecular complexity index is 317. The van der Waals surface area contributed by atoms with Crippen LogP contribution >= 0.6 is 15.9 Å². The Hall–Kier alpha value is -0.610. The third kappa shape index (κ3) is 4.18. The number of ether oxygens (including phenoxy) is 1. The Morgan fingerprint density at radius 3 is 2.87 bits per heavy atom. The molecule has 0 aliphatic carbocycles. The lowest BCUT2D eigenvalue weighted by Crippen LogP contribution is -2.22. The van der Waals surface area contributed by atoms with Gasteiger partial charge in [-0.15, -0.1) is 0 Å². The molecule has 0 bridgehead atoms. The van der Waals surface area contributed by atoms with Crippen molar-refractivity contribution in [2.24, 2.45) is 0 Å². The Labute approximate surface area is 99.4 Å². The molecule has 0 aromatic carbocycles. The summed E-state index contributed by atoms with van der Waals surface area (Å²) in [6.07, 6.45) is 0. The molecule has 1 aromatic heterocycles. The summed E-state index contributed by atoms with van der Waals surface area (Å²) in [5, 5.41) is 3.36. The zero-order chi connectivity index (χ0) is 11.3. The van der Waals surface area contributed by atoms with Gasteiger partial charge >= 0.3 is 0 Å². The van der Waals surface area contributed by atoms with Crippen LogP contribution in [0.15, 0.2) is 16.7 Å². The van der Waals surface area contributed by atoms with Gasteiger partial charge in [0.2, 0.25) is 0 Å². The van der Waals surface area contributed by atoms with E-state index in [4.69, 9.17) is 4.74 Å². The second-order valence-corrected chi connectivity index (χ2v) is 4.28. The van der Waals surface area contributed by atoms with E-state index in [1.54, 1.807) is 0 Å². The van der Waals surface area contributed by atoms with Gasteiger partial charge in [0.05, 0.1) is 18.0 Å². The number of halogens is 1. The fraction of sp³-hybridized carbons (Fsp3) is 0.545. The summed E-state index contributed by atoms with van der Waals surface area (Å²) in [6.45, 7) is 7.55. The first-order valence-corrected chi connectivity index (χ1v) is 5.90. The van der Waals surface area contributed by atoms with E-state index < -0.39 is 0 Å². The molecule has 0 spiro atoms. The van der Waals surface area contributed by atoms with Crippen molar-refractivity contribution in [3.63, 3.8) is 0 Å². The summed E-state index contributed by atoms with van der Waals surface area (Å²) in [6, 6.07) is 4.25. The third-order valence-corrected chi connectivity index (χ3v) is 2.47. The molecule has 1 heterocycles. The highest BCUT2D eigenvalue weighted by molar-refractivity contribution is 9.10. The molecule has 0 radical (unpaired) electrons. The summed E-state index contributed by atoms with van der Waals surface area (Å²) >= 11 is 3.34. The molecule has 0 amide bonds. The van der Waals surface area contributed by atoms with E-state index in [9.17, 15) is 0 Å². The van der Waals surface area contributed by atoms with Gasteiger partial charge in [-0.2, -0.15) is 0 Å². The minimum atomic E-state index is 0.298. The number of pyridine rings is 1. The molecule has 15 heavy (non-hydrogen) atoms. The second kappa shape index (κ2) is 6.08. The quantitative estimate of drug-likeness (QED) is 0.837. The lowest BCUT2D eigenvalue weighted by atomic mass is 10.2. The van der Waals surface area contributed by atoms with Gasteiger partial charge < -0.3 is 10.1 Å². The first kappa shape index (κ1) is 12.5. The first-order chi connectivity index (χ1) is 7.13. The Morgan fingerprint density at radius 1 is 1.53 bits per heavy atom. The number of aryl methyl sites for hydroxylation is 1. The molecule has 1 rings (SSSR count). The predicted molar refractivity (Wildman–Crippen MR) is 66.3 cm³/mol. The zero-order valence-electron chi connectivity index (χ0n) is 9.38. The Balaban J connectivity index is 2.56. The fourth-order valence-electron chi connectivity index (χ4n) is 1.28. The molecule has 1 N–H and O–H groups in total. The molecule has 1 atom stereocenters. The molecule has 1 aromatic rings. The largest absolute Gasteiger partial charge is 0.380 e. The Kier molecular flexibility index (Phi) is 5.05. The normalized spacial score (nSPS) is 12.5. The molecule has 84 valence electrons. The van der Waals surface area contributed by atoms with E-state index in [0.29, 0.717) is 12.6 Å². The van der Waals surface area contributed by atoms with Crippen LogP contribution in [0.25, 0.3) is 0 Å². The topological polar surface area (TPSA) is 34.1 Å². The molecule has 0 fully saturated rings. The molecule has 1 unspecified atom stereocenters. The highest BCUT2D eigenvalue weighted by Gasteiger charge is 2.05. The van der Waals surface area contributed by atoms with Gasteiger partial charge in [0.15, 0.2) is 0 Å². The van der Waals surface area contributed by atoms with Crippen molar-refractivity contribution in [1.29, 1.82) is 0 Å². The SMILES string of the molecule is CCOCC(C)Nc1ccc(Br)nc1C. The van der Waals surface area contributed by atoms with Crippen LogP contribution in [0.3, 0.4) is 0 Å². The standard InChI is InChI=1S/C11H17BrN2O/c1-4-15-7-8(2)13-10-5-6-11(12)14-9(10)3/h5-6,8,13H,4,7H2,1-3H3. The average molecular weight is 273 g/mol. The van der Waals surface area contributed by atoms with Crippen molar-refractivity contribution in [3.8, 4) is 0 Å². The molecule has 0 saturated carbocycles. The lowest BCUT2D eigenvalue weighted by Gasteiger charge is -2.16. The minimum Gasteiger partial charge on any atom is -0.380 e. The van der Waals surface area contributed by atoms with Crippen LogP contribution in [0.2, 0.25) is 0 Å². The number of aromatic nitrogens is 1. The van der Waals surface area contributed by atoms with E-state index in [0.717, 1.165) is 22.6 Å². The number of hydrogen-bond acceptors (Lipinski definition) is 3. The molecule has 3 nitrogen and oxygen atoms in total. The van der Waals surface area contributed by atoms with Gasteiger partial charge in [-0.05, 0) is 48.8 Å². The lowest BCUT2D eigenvalue weighted by molar-refractivity contribution is 0.141. The third-order valence-electron chi connectivity index (χ3n) is 2.03. The van der Waals surface area contributed by atoms with Crippen molar-refractivity contribution in [2.45, 2.75) is 26.8 Å². The van der Waals surface area contributed by atoms with Crippen LogP contribution in [0.1, 0.15) is 19.5 Å². The summed E-state index contributed by atoms with van der Waals surface area (Å²) < 4.78 is 6.20. The molecule has 0 aliphatic rings. The van der Waals surface area contributed by atoms with E-state index >= 15 is 0 Å². The van der Waals surface area contributed by atoms with Gasteiger partial charge in [0.25, 0.3) is 0 Å². The average Bonchev–Trinajstić information content (AvgIpc) is 2.19. The van der Waals surface area contributed by atoms with Gasteiger partial charge in [-0.25, -0.2) is 4.98 Å². The van der Waals surface area contributed by atoms with E-state index in [-0.39, 0.29) is 0 Å². The number of nitrogens with one attached hydrogen (secondary N) is 1. The van der Waals surface area contributed by atoms with E-state index in [1.807, 2.05) is 26.0 Å². The highest BCUT2D eigenvalue weighted by atomic mass is 79.9. The monoisotopic (exact) mass is 272 g/mol. The van der Waals surface area contributed by atoms with Crippen LogP contribution in [-0.4, -0.2) is 24.2 Å². The maximum Gasteiger partial charge on any atom is 0.106 e. The van der Waals surface area contributed by atoms with Crippen molar-refractivity contribution in [2.75, 3.05) is 18.5 Å². The molecule has 0 aliphatic heterocycles.